The Kier molecular flexibility index (Phi) is 4.69. The van der Waals surface area contributed by atoms with E-state index in [1.807, 2.05) is 0 Å². The maximum absolute atomic E-state index is 11.9. The fourth-order valence-corrected chi connectivity index (χ4v) is 1.63. The zero-order valence-corrected chi connectivity index (χ0v) is 10.4. The number of hydrogen-bond acceptors (Lipinski definition) is 3. The highest BCUT2D eigenvalue weighted by Gasteiger charge is 2.24. The molecule has 0 aliphatic heterocycles. The van der Waals surface area contributed by atoms with Crippen molar-refractivity contribution in [2.24, 2.45) is 0 Å². The number of terminal acetylenes is 1. The third-order valence-electron chi connectivity index (χ3n) is 2.33. The number of rotatable bonds is 4. The van der Waals surface area contributed by atoms with Crippen molar-refractivity contribution in [1.82, 2.24) is 5.32 Å². The SMILES string of the molecule is C#CC(CC)NC(=O)c1cccc(Cl)c1[N+](=O)[O-]. The van der Waals surface area contributed by atoms with Crippen molar-refractivity contribution < 1.29 is 9.72 Å². The van der Waals surface area contributed by atoms with Gasteiger partial charge < -0.3 is 5.32 Å². The Hall–Kier alpha value is -2.06. The smallest absolute Gasteiger partial charge is 0.300 e. The first kappa shape index (κ1) is 14.0. The van der Waals surface area contributed by atoms with Gasteiger partial charge in [0.15, 0.2) is 0 Å². The van der Waals surface area contributed by atoms with Gasteiger partial charge in [0.05, 0.1) is 11.0 Å². The number of hydrogen-bond donors (Lipinski definition) is 1. The van der Waals surface area contributed by atoms with E-state index in [1.54, 1.807) is 6.92 Å². The molecule has 1 aromatic rings. The average molecular weight is 267 g/mol. The number of para-hydroxylation sites is 1. The highest BCUT2D eigenvalue weighted by molar-refractivity contribution is 6.33. The standard InChI is InChI=1S/C12H11ClN2O3/c1-3-8(4-2)14-12(16)9-6-5-7-10(13)11(9)15(17)18/h1,5-8H,4H2,2H3,(H,14,16). The summed E-state index contributed by atoms with van der Waals surface area (Å²) in [6.07, 6.45) is 5.75. The van der Waals surface area contributed by atoms with Crippen LogP contribution in [0.2, 0.25) is 5.02 Å². The predicted octanol–water partition coefficient (Wildman–Crippen LogP) is 2.39. The summed E-state index contributed by atoms with van der Waals surface area (Å²) in [6, 6.07) is 3.70. The first-order valence-corrected chi connectivity index (χ1v) is 5.59. The average Bonchev–Trinajstić information content (AvgIpc) is 2.34. The van der Waals surface area contributed by atoms with Gasteiger partial charge in [-0.25, -0.2) is 0 Å². The first-order chi connectivity index (χ1) is 8.51. The third kappa shape index (κ3) is 2.99. The largest absolute Gasteiger partial charge is 0.338 e. The minimum atomic E-state index is -0.686. The molecule has 0 heterocycles. The third-order valence-corrected chi connectivity index (χ3v) is 2.63. The van der Waals surface area contributed by atoms with E-state index in [0.717, 1.165) is 0 Å². The van der Waals surface area contributed by atoms with Crippen LogP contribution in [0.4, 0.5) is 5.69 Å². The van der Waals surface area contributed by atoms with Crippen molar-refractivity contribution in [1.29, 1.82) is 0 Å². The van der Waals surface area contributed by atoms with Crippen molar-refractivity contribution in [3.8, 4) is 12.3 Å². The molecule has 1 rings (SSSR count). The number of halogens is 1. The van der Waals surface area contributed by atoms with Gasteiger partial charge in [0, 0.05) is 0 Å². The van der Waals surface area contributed by atoms with Gasteiger partial charge in [0.1, 0.15) is 10.6 Å². The Morgan fingerprint density at radius 1 is 1.67 bits per heavy atom. The van der Waals surface area contributed by atoms with E-state index < -0.39 is 22.6 Å². The van der Waals surface area contributed by atoms with Crippen LogP contribution < -0.4 is 5.32 Å². The number of nitrogens with zero attached hydrogens (tertiary/aromatic N) is 1. The second-order valence-electron chi connectivity index (χ2n) is 3.49. The van der Waals surface area contributed by atoms with E-state index in [4.69, 9.17) is 18.0 Å². The summed E-state index contributed by atoms with van der Waals surface area (Å²) in [5.74, 6) is 1.78. The van der Waals surface area contributed by atoms with E-state index in [9.17, 15) is 14.9 Å². The van der Waals surface area contributed by atoms with Gasteiger partial charge in [-0.05, 0) is 18.6 Å². The molecule has 0 fully saturated rings. The maximum Gasteiger partial charge on any atom is 0.300 e. The van der Waals surface area contributed by atoms with Crippen molar-refractivity contribution >= 4 is 23.2 Å². The lowest BCUT2D eigenvalue weighted by molar-refractivity contribution is -0.385. The van der Waals surface area contributed by atoms with E-state index in [2.05, 4.69) is 11.2 Å². The van der Waals surface area contributed by atoms with Crippen LogP contribution in [-0.4, -0.2) is 16.9 Å². The lowest BCUT2D eigenvalue weighted by Crippen LogP contribution is -2.33. The summed E-state index contributed by atoms with van der Waals surface area (Å²) in [7, 11) is 0. The van der Waals surface area contributed by atoms with E-state index in [0.29, 0.717) is 6.42 Å². The number of carbonyl (C=O) groups excluding carboxylic acids is 1. The quantitative estimate of drug-likeness (QED) is 0.517. The van der Waals surface area contributed by atoms with Crippen molar-refractivity contribution in [2.45, 2.75) is 19.4 Å². The number of nitro benzene ring substituents is 1. The van der Waals surface area contributed by atoms with Crippen molar-refractivity contribution in [3.63, 3.8) is 0 Å². The molecule has 6 heteroatoms. The van der Waals surface area contributed by atoms with Crippen LogP contribution >= 0.6 is 11.6 Å². The summed E-state index contributed by atoms with van der Waals surface area (Å²) in [6.45, 7) is 1.80. The normalized spacial score (nSPS) is 11.4. The Labute approximate surface area is 109 Å². The fourth-order valence-electron chi connectivity index (χ4n) is 1.38. The van der Waals surface area contributed by atoms with Gasteiger partial charge in [0.25, 0.3) is 5.91 Å². The molecule has 1 amide bonds. The number of amides is 1. The topological polar surface area (TPSA) is 72.2 Å². The van der Waals surface area contributed by atoms with Crippen LogP contribution in [0, 0.1) is 22.5 Å². The zero-order valence-electron chi connectivity index (χ0n) is 9.64. The highest BCUT2D eigenvalue weighted by Crippen LogP contribution is 2.28. The molecule has 1 unspecified atom stereocenters. The van der Waals surface area contributed by atoms with Crippen LogP contribution in [0.1, 0.15) is 23.7 Å². The minimum absolute atomic E-state index is 0.0820. The van der Waals surface area contributed by atoms with Gasteiger partial charge in [-0.1, -0.05) is 30.5 Å². The first-order valence-electron chi connectivity index (χ1n) is 5.21. The number of nitro groups is 1. The van der Waals surface area contributed by atoms with Gasteiger partial charge in [0.2, 0.25) is 0 Å². The van der Waals surface area contributed by atoms with Crippen LogP contribution in [-0.2, 0) is 0 Å². The molecule has 1 atom stereocenters. The number of carbonyl (C=O) groups is 1. The fraction of sp³-hybridized carbons (Fsp3) is 0.250. The van der Waals surface area contributed by atoms with E-state index in [1.165, 1.54) is 18.2 Å². The van der Waals surface area contributed by atoms with Gasteiger partial charge in [-0.2, -0.15) is 0 Å². The lowest BCUT2D eigenvalue weighted by atomic mass is 10.1. The molecule has 5 nitrogen and oxygen atoms in total. The molecule has 0 aliphatic carbocycles. The molecular weight excluding hydrogens is 256 g/mol. The molecule has 0 aromatic heterocycles. The molecule has 0 spiro atoms. The summed E-state index contributed by atoms with van der Waals surface area (Å²) < 4.78 is 0. The molecule has 0 saturated carbocycles. The van der Waals surface area contributed by atoms with E-state index >= 15 is 0 Å². The summed E-state index contributed by atoms with van der Waals surface area (Å²) >= 11 is 5.71. The molecule has 0 saturated heterocycles. The molecule has 0 bridgehead atoms. The Bertz CT molecular complexity index is 523. The Morgan fingerprint density at radius 3 is 2.83 bits per heavy atom. The Balaban J connectivity index is 3.11. The lowest BCUT2D eigenvalue weighted by Gasteiger charge is -2.11. The molecule has 0 aliphatic rings. The van der Waals surface area contributed by atoms with Gasteiger partial charge in [-0.15, -0.1) is 6.42 Å². The maximum atomic E-state index is 11.9. The second kappa shape index (κ2) is 6.03. The summed E-state index contributed by atoms with van der Waals surface area (Å²) in [5, 5.41) is 13.3. The van der Waals surface area contributed by atoms with Crippen molar-refractivity contribution in [2.75, 3.05) is 0 Å². The van der Waals surface area contributed by atoms with Crippen LogP contribution in [0.25, 0.3) is 0 Å². The molecule has 1 N–H and O–H groups in total. The number of benzene rings is 1. The monoisotopic (exact) mass is 266 g/mol. The minimum Gasteiger partial charge on any atom is -0.338 e. The molecule has 0 radical (unpaired) electrons. The molecule has 18 heavy (non-hydrogen) atoms. The van der Waals surface area contributed by atoms with Gasteiger partial charge >= 0.3 is 5.69 Å². The Morgan fingerprint density at radius 2 is 2.33 bits per heavy atom. The van der Waals surface area contributed by atoms with Crippen molar-refractivity contribution in [3.05, 3.63) is 38.9 Å². The predicted molar refractivity (Wildman–Crippen MR) is 68.5 cm³/mol. The van der Waals surface area contributed by atoms with Gasteiger partial charge in [-0.3, -0.25) is 14.9 Å². The summed E-state index contributed by atoms with van der Waals surface area (Å²) in [5.41, 5.74) is -0.509. The summed E-state index contributed by atoms with van der Waals surface area (Å²) in [4.78, 5) is 22.1. The number of nitrogens with one attached hydrogen (secondary N) is 1. The van der Waals surface area contributed by atoms with Crippen LogP contribution in [0.5, 0.6) is 0 Å². The molecular formula is C12H11ClN2O3. The highest BCUT2D eigenvalue weighted by atomic mass is 35.5. The zero-order chi connectivity index (χ0) is 13.7. The van der Waals surface area contributed by atoms with Crippen LogP contribution in [0.15, 0.2) is 18.2 Å². The van der Waals surface area contributed by atoms with E-state index in [-0.39, 0.29) is 10.6 Å². The van der Waals surface area contributed by atoms with Crippen LogP contribution in [0.3, 0.4) is 0 Å². The second-order valence-corrected chi connectivity index (χ2v) is 3.90. The molecule has 1 aromatic carbocycles. The molecule has 94 valence electrons.